The zero-order valence-corrected chi connectivity index (χ0v) is 10.6. The molecule has 1 aromatic heterocycles. The van der Waals surface area contributed by atoms with E-state index >= 15 is 0 Å². The highest BCUT2D eigenvalue weighted by atomic mass is 16.5. The van der Waals surface area contributed by atoms with Gasteiger partial charge in [0.25, 0.3) is 5.91 Å². The van der Waals surface area contributed by atoms with Crippen molar-refractivity contribution in [2.24, 2.45) is 0 Å². The number of aromatic nitrogens is 1. The number of carbonyl (C=O) groups is 1. The van der Waals surface area contributed by atoms with Gasteiger partial charge in [0.1, 0.15) is 6.10 Å². The van der Waals surface area contributed by atoms with Gasteiger partial charge in [0.2, 0.25) is 0 Å². The topological polar surface area (TPSA) is 66.2 Å². The summed E-state index contributed by atoms with van der Waals surface area (Å²) in [5.41, 5.74) is 2.18. The van der Waals surface area contributed by atoms with E-state index in [-0.39, 0.29) is 12.0 Å². The molecule has 0 radical (unpaired) electrons. The molecule has 2 aromatic rings. The zero-order valence-electron chi connectivity index (χ0n) is 10.6. The van der Waals surface area contributed by atoms with Crippen LogP contribution in [0.15, 0.2) is 30.5 Å². The van der Waals surface area contributed by atoms with Crippen LogP contribution in [0, 0.1) is 0 Å². The minimum atomic E-state index is -0.376. The second-order valence-corrected chi connectivity index (χ2v) is 4.64. The van der Waals surface area contributed by atoms with Crippen LogP contribution in [-0.2, 0) is 16.1 Å². The Hall–Kier alpha value is -1.85. The van der Waals surface area contributed by atoms with Gasteiger partial charge in [0.15, 0.2) is 0 Å². The van der Waals surface area contributed by atoms with Crippen molar-refractivity contribution in [3.63, 3.8) is 0 Å². The van der Waals surface area contributed by atoms with E-state index < -0.39 is 0 Å². The van der Waals surface area contributed by atoms with Crippen molar-refractivity contribution >= 4 is 16.8 Å². The van der Waals surface area contributed by atoms with E-state index in [0.29, 0.717) is 19.7 Å². The molecule has 1 aliphatic rings. The standard InChI is InChI=1S/C14H17N3O2/c18-14(13-9-15-5-6-19-13)17-8-10-7-16-12-4-2-1-3-11(10)12/h1-4,7,13,15-16H,5-6,8-9H2,(H,17,18). The summed E-state index contributed by atoms with van der Waals surface area (Å²) in [4.78, 5) is 15.1. The highest BCUT2D eigenvalue weighted by Crippen LogP contribution is 2.17. The van der Waals surface area contributed by atoms with Gasteiger partial charge in [0, 0.05) is 36.7 Å². The Morgan fingerprint density at radius 2 is 2.32 bits per heavy atom. The summed E-state index contributed by atoms with van der Waals surface area (Å²) in [5.74, 6) is -0.0579. The molecule has 5 nitrogen and oxygen atoms in total. The molecule has 1 saturated heterocycles. The first-order chi connectivity index (χ1) is 9.34. The van der Waals surface area contributed by atoms with Gasteiger partial charge in [0.05, 0.1) is 6.61 Å². The molecule has 19 heavy (non-hydrogen) atoms. The van der Waals surface area contributed by atoms with Gasteiger partial charge in [-0.3, -0.25) is 4.79 Å². The molecule has 3 N–H and O–H groups in total. The van der Waals surface area contributed by atoms with Gasteiger partial charge < -0.3 is 20.4 Å². The average molecular weight is 259 g/mol. The molecule has 0 spiro atoms. The maximum Gasteiger partial charge on any atom is 0.250 e. The predicted molar refractivity (Wildman–Crippen MR) is 72.8 cm³/mol. The van der Waals surface area contributed by atoms with Gasteiger partial charge in [-0.1, -0.05) is 18.2 Å². The fraction of sp³-hybridized carbons (Fsp3) is 0.357. The molecule has 1 unspecified atom stereocenters. The number of amides is 1. The molecule has 1 atom stereocenters. The number of carbonyl (C=O) groups excluding carboxylic acids is 1. The smallest absolute Gasteiger partial charge is 0.250 e. The van der Waals surface area contributed by atoms with Gasteiger partial charge >= 0.3 is 0 Å². The SMILES string of the molecule is O=C(NCc1c[nH]c2ccccc12)C1CNCCO1. The zero-order chi connectivity index (χ0) is 13.1. The van der Waals surface area contributed by atoms with Crippen LogP contribution < -0.4 is 10.6 Å². The molecule has 100 valence electrons. The lowest BCUT2D eigenvalue weighted by atomic mass is 10.2. The van der Waals surface area contributed by atoms with Crippen molar-refractivity contribution in [2.75, 3.05) is 19.7 Å². The van der Waals surface area contributed by atoms with Crippen molar-refractivity contribution < 1.29 is 9.53 Å². The lowest BCUT2D eigenvalue weighted by Crippen LogP contribution is -2.47. The molecule has 0 bridgehead atoms. The van der Waals surface area contributed by atoms with Crippen LogP contribution in [0.2, 0.25) is 0 Å². The first-order valence-electron chi connectivity index (χ1n) is 6.49. The third-order valence-electron chi connectivity index (χ3n) is 3.35. The van der Waals surface area contributed by atoms with E-state index in [1.165, 1.54) is 0 Å². The normalized spacial score (nSPS) is 19.5. The number of benzene rings is 1. The number of H-pyrrole nitrogens is 1. The Bertz CT molecular complexity index is 573. The molecule has 0 aliphatic carbocycles. The number of hydrogen-bond acceptors (Lipinski definition) is 3. The highest BCUT2D eigenvalue weighted by molar-refractivity contribution is 5.85. The predicted octanol–water partition coefficient (Wildman–Crippen LogP) is 0.772. The first kappa shape index (κ1) is 12.2. The Balaban J connectivity index is 1.64. The van der Waals surface area contributed by atoms with Crippen molar-refractivity contribution in [1.82, 2.24) is 15.6 Å². The molecule has 1 amide bonds. The highest BCUT2D eigenvalue weighted by Gasteiger charge is 2.21. The largest absolute Gasteiger partial charge is 0.366 e. The van der Waals surface area contributed by atoms with Crippen LogP contribution in [0.1, 0.15) is 5.56 Å². The Labute approximate surface area is 111 Å². The molecule has 0 saturated carbocycles. The summed E-state index contributed by atoms with van der Waals surface area (Å²) >= 11 is 0. The van der Waals surface area contributed by atoms with E-state index in [1.54, 1.807) is 0 Å². The van der Waals surface area contributed by atoms with Crippen LogP contribution >= 0.6 is 0 Å². The summed E-state index contributed by atoms with van der Waals surface area (Å²) in [7, 11) is 0. The number of nitrogens with one attached hydrogen (secondary N) is 3. The van der Waals surface area contributed by atoms with Crippen LogP contribution in [0.5, 0.6) is 0 Å². The Kier molecular flexibility index (Phi) is 3.48. The number of para-hydroxylation sites is 1. The second kappa shape index (κ2) is 5.42. The van der Waals surface area contributed by atoms with E-state index in [2.05, 4.69) is 15.6 Å². The average Bonchev–Trinajstić information content (AvgIpc) is 2.89. The first-order valence-corrected chi connectivity index (χ1v) is 6.49. The minimum Gasteiger partial charge on any atom is -0.366 e. The van der Waals surface area contributed by atoms with Crippen molar-refractivity contribution in [3.8, 4) is 0 Å². The minimum absolute atomic E-state index is 0.0579. The summed E-state index contributed by atoms with van der Waals surface area (Å²) < 4.78 is 5.41. The van der Waals surface area contributed by atoms with Crippen LogP contribution in [0.3, 0.4) is 0 Å². The molecule has 1 aromatic carbocycles. The van der Waals surface area contributed by atoms with Crippen LogP contribution in [0.25, 0.3) is 10.9 Å². The number of aromatic amines is 1. The summed E-state index contributed by atoms with van der Waals surface area (Å²) in [5, 5.41) is 7.21. The number of fused-ring (bicyclic) bond motifs is 1. The third-order valence-corrected chi connectivity index (χ3v) is 3.35. The Morgan fingerprint density at radius 1 is 1.42 bits per heavy atom. The van der Waals surface area contributed by atoms with Gasteiger partial charge in [-0.15, -0.1) is 0 Å². The molecular formula is C14H17N3O2. The van der Waals surface area contributed by atoms with Crippen molar-refractivity contribution in [1.29, 1.82) is 0 Å². The van der Waals surface area contributed by atoms with E-state index in [4.69, 9.17) is 4.74 Å². The number of hydrogen-bond donors (Lipinski definition) is 3. The molecular weight excluding hydrogens is 242 g/mol. The van der Waals surface area contributed by atoms with Crippen molar-refractivity contribution in [2.45, 2.75) is 12.6 Å². The fourth-order valence-electron chi connectivity index (χ4n) is 2.31. The van der Waals surface area contributed by atoms with Crippen LogP contribution in [0.4, 0.5) is 0 Å². The van der Waals surface area contributed by atoms with E-state index in [9.17, 15) is 4.79 Å². The fourth-order valence-corrected chi connectivity index (χ4v) is 2.31. The summed E-state index contributed by atoms with van der Waals surface area (Å²) in [6.07, 6.45) is 1.56. The van der Waals surface area contributed by atoms with Crippen molar-refractivity contribution in [3.05, 3.63) is 36.0 Å². The molecule has 1 fully saturated rings. The van der Waals surface area contributed by atoms with E-state index in [1.807, 2.05) is 30.5 Å². The Morgan fingerprint density at radius 3 is 3.16 bits per heavy atom. The number of ether oxygens (including phenoxy) is 1. The number of morpholine rings is 1. The maximum atomic E-state index is 11.9. The molecule has 2 heterocycles. The van der Waals surface area contributed by atoms with Gasteiger partial charge in [-0.25, -0.2) is 0 Å². The molecule has 5 heteroatoms. The second-order valence-electron chi connectivity index (χ2n) is 4.64. The lowest BCUT2D eigenvalue weighted by molar-refractivity contribution is -0.134. The summed E-state index contributed by atoms with van der Waals surface area (Å²) in [6.45, 7) is 2.50. The van der Waals surface area contributed by atoms with Crippen LogP contribution in [-0.4, -0.2) is 36.7 Å². The van der Waals surface area contributed by atoms with Gasteiger partial charge in [-0.05, 0) is 11.6 Å². The van der Waals surface area contributed by atoms with E-state index in [0.717, 1.165) is 23.0 Å². The lowest BCUT2D eigenvalue weighted by Gasteiger charge is -2.22. The van der Waals surface area contributed by atoms with Gasteiger partial charge in [-0.2, -0.15) is 0 Å². The maximum absolute atomic E-state index is 11.9. The monoisotopic (exact) mass is 259 g/mol. The molecule has 1 aliphatic heterocycles. The summed E-state index contributed by atoms with van der Waals surface area (Å²) in [6, 6.07) is 8.05. The quantitative estimate of drug-likeness (QED) is 0.763. The third kappa shape index (κ3) is 2.62. The number of rotatable bonds is 3. The molecule has 3 rings (SSSR count).